The lowest BCUT2D eigenvalue weighted by atomic mass is 10.1. The van der Waals surface area contributed by atoms with Gasteiger partial charge in [0.15, 0.2) is 0 Å². The van der Waals surface area contributed by atoms with E-state index in [-0.39, 0.29) is 5.28 Å². The number of rotatable bonds is 13. The molecular weight excluding hydrogens is 496 g/mol. The maximum atomic E-state index is 6.17. The predicted octanol–water partition coefficient (Wildman–Crippen LogP) is 6.07. The first-order chi connectivity index (χ1) is 18.7. The molecule has 2 aromatic heterocycles. The molecule has 2 aromatic carbocycles. The van der Waals surface area contributed by atoms with Gasteiger partial charge in [0.05, 0.1) is 5.39 Å². The molecule has 0 radical (unpaired) electrons. The monoisotopic (exact) mass is 532 g/mol. The van der Waals surface area contributed by atoms with Gasteiger partial charge < -0.3 is 25.3 Å². The number of aromatic nitrogens is 3. The van der Waals surface area contributed by atoms with Crippen molar-refractivity contribution in [3.8, 4) is 11.5 Å². The Labute approximate surface area is 230 Å². The van der Waals surface area contributed by atoms with Crippen LogP contribution in [0.1, 0.15) is 37.3 Å². The van der Waals surface area contributed by atoms with Gasteiger partial charge in [0.25, 0.3) is 0 Å². The molecular formula is C30H37ClN6O. The summed E-state index contributed by atoms with van der Waals surface area (Å²) in [5, 5.41) is 11.7. The van der Waals surface area contributed by atoms with Crippen LogP contribution in [0.3, 0.4) is 0 Å². The van der Waals surface area contributed by atoms with Gasteiger partial charge in [0.2, 0.25) is 5.28 Å². The summed E-state index contributed by atoms with van der Waals surface area (Å²) in [5.74, 6) is 3.23. The van der Waals surface area contributed by atoms with Gasteiger partial charge >= 0.3 is 0 Å². The Morgan fingerprint density at radius 1 is 0.947 bits per heavy atom. The molecule has 200 valence electrons. The smallest absolute Gasteiger partial charge is 0.226 e. The Bertz CT molecular complexity index is 1310. The largest absolute Gasteiger partial charge is 0.457 e. The molecule has 1 aliphatic carbocycles. The molecule has 0 bridgehead atoms. The van der Waals surface area contributed by atoms with Crippen LogP contribution in [0.4, 0.5) is 5.82 Å². The zero-order chi connectivity index (χ0) is 26.2. The van der Waals surface area contributed by atoms with E-state index in [4.69, 9.17) is 16.3 Å². The summed E-state index contributed by atoms with van der Waals surface area (Å²) in [5.41, 5.74) is 2.21. The average Bonchev–Trinajstić information content (AvgIpc) is 3.57. The van der Waals surface area contributed by atoms with Crippen LogP contribution in [-0.4, -0.2) is 47.8 Å². The maximum Gasteiger partial charge on any atom is 0.226 e. The number of anilines is 1. The zero-order valence-electron chi connectivity index (χ0n) is 22.0. The van der Waals surface area contributed by atoms with Crippen LogP contribution < -0.4 is 20.7 Å². The van der Waals surface area contributed by atoms with E-state index in [2.05, 4.69) is 60.9 Å². The summed E-state index contributed by atoms with van der Waals surface area (Å²) in [6, 6.07) is 20.8. The molecule has 3 N–H and O–H groups in total. The van der Waals surface area contributed by atoms with Crippen molar-refractivity contribution >= 4 is 28.5 Å². The molecule has 38 heavy (non-hydrogen) atoms. The van der Waals surface area contributed by atoms with E-state index in [0.717, 1.165) is 67.4 Å². The fraction of sp³-hybridized carbons (Fsp3) is 0.400. The SMILES string of the molecule is CNc1nc(Cl)nc2c1ccn2C1CCC(CNCCCNCCc2cccc(Oc3ccccc3)c2)C1. The van der Waals surface area contributed by atoms with Gasteiger partial charge in [-0.1, -0.05) is 30.3 Å². The molecule has 5 rings (SSSR count). The van der Waals surface area contributed by atoms with Gasteiger partial charge in [0, 0.05) is 19.3 Å². The molecule has 8 heteroatoms. The topological polar surface area (TPSA) is 76.0 Å². The Kier molecular flexibility index (Phi) is 9.12. The number of nitrogens with zero attached hydrogens (tertiary/aromatic N) is 3. The second-order valence-electron chi connectivity index (χ2n) is 10.0. The third-order valence-electron chi connectivity index (χ3n) is 7.30. The van der Waals surface area contributed by atoms with Crippen molar-refractivity contribution in [1.29, 1.82) is 0 Å². The van der Waals surface area contributed by atoms with Crippen molar-refractivity contribution in [2.75, 3.05) is 38.5 Å². The minimum atomic E-state index is 0.289. The summed E-state index contributed by atoms with van der Waals surface area (Å²) in [7, 11) is 1.86. The maximum absolute atomic E-state index is 6.17. The van der Waals surface area contributed by atoms with E-state index in [1.54, 1.807) is 0 Å². The van der Waals surface area contributed by atoms with Crippen LogP contribution >= 0.6 is 11.6 Å². The van der Waals surface area contributed by atoms with Gasteiger partial charge in [-0.2, -0.15) is 4.98 Å². The molecule has 4 aromatic rings. The molecule has 1 saturated carbocycles. The van der Waals surface area contributed by atoms with Gasteiger partial charge in [0.1, 0.15) is 23.0 Å². The number of benzene rings is 2. The summed E-state index contributed by atoms with van der Waals surface area (Å²) in [4.78, 5) is 8.81. The van der Waals surface area contributed by atoms with Crippen molar-refractivity contribution < 1.29 is 4.74 Å². The van der Waals surface area contributed by atoms with E-state index in [1.165, 1.54) is 24.8 Å². The van der Waals surface area contributed by atoms with Crippen LogP contribution in [0.5, 0.6) is 11.5 Å². The van der Waals surface area contributed by atoms with Crippen LogP contribution in [0, 0.1) is 5.92 Å². The van der Waals surface area contributed by atoms with Crippen molar-refractivity contribution in [1.82, 2.24) is 25.2 Å². The molecule has 1 aliphatic rings. The second-order valence-corrected chi connectivity index (χ2v) is 10.3. The lowest BCUT2D eigenvalue weighted by molar-refractivity contribution is 0.452. The quantitative estimate of drug-likeness (QED) is 0.143. The molecule has 0 amide bonds. The highest BCUT2D eigenvalue weighted by molar-refractivity contribution is 6.28. The molecule has 0 spiro atoms. The van der Waals surface area contributed by atoms with Crippen molar-refractivity contribution in [2.24, 2.45) is 5.92 Å². The average molecular weight is 533 g/mol. The molecule has 2 atom stereocenters. The Morgan fingerprint density at radius 2 is 1.79 bits per heavy atom. The van der Waals surface area contributed by atoms with Crippen LogP contribution in [0.15, 0.2) is 66.9 Å². The molecule has 2 heterocycles. The molecule has 0 saturated heterocycles. The van der Waals surface area contributed by atoms with Gasteiger partial charge in [-0.15, -0.1) is 0 Å². The minimum Gasteiger partial charge on any atom is -0.457 e. The number of fused-ring (bicyclic) bond motifs is 1. The van der Waals surface area contributed by atoms with Crippen molar-refractivity contribution in [2.45, 2.75) is 38.1 Å². The standard InChI is InChI=1S/C30H37ClN6O/c1-32-28-27-14-18-37(29(27)36-30(31)35-28)24-12-11-23(19-24)21-34-16-6-15-33-17-13-22-7-5-10-26(20-22)38-25-8-3-2-4-9-25/h2-5,7-10,14,18,20,23-24,33-34H,6,11-13,15-17,19,21H2,1H3,(H,32,35,36). The second kappa shape index (κ2) is 13.1. The molecule has 1 fully saturated rings. The fourth-order valence-electron chi connectivity index (χ4n) is 5.37. The van der Waals surface area contributed by atoms with Crippen molar-refractivity contribution in [3.63, 3.8) is 0 Å². The molecule has 0 aliphatic heterocycles. The number of ether oxygens (including phenoxy) is 1. The van der Waals surface area contributed by atoms with Gasteiger partial charge in [-0.25, -0.2) is 4.98 Å². The first kappa shape index (κ1) is 26.5. The number of para-hydroxylation sites is 1. The van der Waals surface area contributed by atoms with Crippen LogP contribution in [-0.2, 0) is 6.42 Å². The van der Waals surface area contributed by atoms with E-state index < -0.39 is 0 Å². The first-order valence-corrected chi connectivity index (χ1v) is 14.0. The summed E-state index contributed by atoms with van der Waals surface area (Å²) < 4.78 is 8.24. The van der Waals surface area contributed by atoms with Crippen LogP contribution in [0.2, 0.25) is 5.28 Å². The lowest BCUT2D eigenvalue weighted by Crippen LogP contribution is -2.26. The van der Waals surface area contributed by atoms with E-state index in [1.807, 2.05) is 43.4 Å². The number of hydrogen-bond donors (Lipinski definition) is 3. The molecule has 7 nitrogen and oxygen atoms in total. The van der Waals surface area contributed by atoms with E-state index in [9.17, 15) is 0 Å². The lowest BCUT2D eigenvalue weighted by Gasteiger charge is -2.15. The first-order valence-electron chi connectivity index (χ1n) is 13.6. The number of halogens is 1. The normalized spacial score (nSPS) is 17.2. The minimum absolute atomic E-state index is 0.289. The summed E-state index contributed by atoms with van der Waals surface area (Å²) >= 11 is 6.17. The van der Waals surface area contributed by atoms with Gasteiger partial charge in [-0.05, 0) is 112 Å². The highest BCUT2D eigenvalue weighted by atomic mass is 35.5. The third-order valence-corrected chi connectivity index (χ3v) is 7.47. The zero-order valence-corrected chi connectivity index (χ0v) is 22.8. The number of nitrogens with one attached hydrogen (secondary N) is 3. The van der Waals surface area contributed by atoms with Crippen LogP contribution in [0.25, 0.3) is 11.0 Å². The summed E-state index contributed by atoms with van der Waals surface area (Å²) in [6.07, 6.45) is 7.82. The Balaban J connectivity index is 0.970. The molecule has 2 unspecified atom stereocenters. The van der Waals surface area contributed by atoms with E-state index in [0.29, 0.717) is 12.0 Å². The number of hydrogen-bond acceptors (Lipinski definition) is 6. The van der Waals surface area contributed by atoms with Gasteiger partial charge in [-0.3, -0.25) is 0 Å². The fourth-order valence-corrected chi connectivity index (χ4v) is 5.53. The third kappa shape index (κ3) is 6.84. The van der Waals surface area contributed by atoms with E-state index >= 15 is 0 Å². The highest BCUT2D eigenvalue weighted by Gasteiger charge is 2.27. The summed E-state index contributed by atoms with van der Waals surface area (Å²) in [6.45, 7) is 4.09. The predicted molar refractivity (Wildman–Crippen MR) is 155 cm³/mol. The Morgan fingerprint density at radius 3 is 2.66 bits per heavy atom. The highest BCUT2D eigenvalue weighted by Crippen LogP contribution is 2.37. The van der Waals surface area contributed by atoms with Crippen molar-refractivity contribution in [3.05, 3.63) is 77.7 Å². The Hall–Kier alpha value is -3.13.